The van der Waals surface area contributed by atoms with Crippen LogP contribution in [-0.2, 0) is 6.42 Å². The number of aromatic nitrogens is 2. The van der Waals surface area contributed by atoms with Gasteiger partial charge in [0, 0.05) is 12.0 Å². The summed E-state index contributed by atoms with van der Waals surface area (Å²) in [5, 5.41) is 0. The summed E-state index contributed by atoms with van der Waals surface area (Å²) in [6.45, 7) is 4.22. The van der Waals surface area contributed by atoms with Crippen LogP contribution in [0, 0.1) is 13.8 Å². The van der Waals surface area contributed by atoms with E-state index >= 15 is 0 Å². The van der Waals surface area contributed by atoms with Crippen molar-refractivity contribution in [1.82, 2.24) is 9.97 Å². The molecule has 2 aromatic rings. The second kappa shape index (κ2) is 4.74. The van der Waals surface area contributed by atoms with Crippen LogP contribution in [0.25, 0.3) is 11.3 Å². The van der Waals surface area contributed by atoms with Crippen LogP contribution in [0.1, 0.15) is 17.0 Å². The standard InChI is InChI=1S/C13H16N2S/c1-9-3-4-10(2)11(7-9)12-8-14-13(15-12)5-6-16/h3-4,7-8,16H,5-6H2,1-2H3,(H,14,15). The first-order valence-electron chi connectivity index (χ1n) is 5.43. The van der Waals surface area contributed by atoms with Gasteiger partial charge in [-0.05, 0) is 31.2 Å². The molecule has 0 saturated heterocycles. The third kappa shape index (κ3) is 2.30. The molecule has 0 fully saturated rings. The van der Waals surface area contributed by atoms with Crippen molar-refractivity contribution in [2.24, 2.45) is 0 Å². The van der Waals surface area contributed by atoms with E-state index in [0.717, 1.165) is 23.7 Å². The third-order valence-electron chi connectivity index (χ3n) is 2.66. The lowest BCUT2D eigenvalue weighted by molar-refractivity contribution is 1.00. The number of thiol groups is 1. The number of benzene rings is 1. The van der Waals surface area contributed by atoms with Crippen LogP contribution in [0.15, 0.2) is 24.4 Å². The van der Waals surface area contributed by atoms with Gasteiger partial charge in [0.1, 0.15) is 5.82 Å². The molecule has 0 radical (unpaired) electrons. The zero-order valence-electron chi connectivity index (χ0n) is 9.62. The quantitative estimate of drug-likeness (QED) is 0.782. The Bertz CT molecular complexity index is 488. The van der Waals surface area contributed by atoms with Crippen LogP contribution >= 0.6 is 12.6 Å². The van der Waals surface area contributed by atoms with Gasteiger partial charge in [0.15, 0.2) is 0 Å². The van der Waals surface area contributed by atoms with Gasteiger partial charge in [0.05, 0.1) is 11.9 Å². The zero-order chi connectivity index (χ0) is 11.5. The van der Waals surface area contributed by atoms with Crippen LogP contribution in [0.5, 0.6) is 0 Å². The molecular weight excluding hydrogens is 216 g/mol. The second-order valence-corrected chi connectivity index (χ2v) is 4.48. The lowest BCUT2D eigenvalue weighted by Crippen LogP contribution is -1.89. The summed E-state index contributed by atoms with van der Waals surface area (Å²) in [6, 6.07) is 6.46. The van der Waals surface area contributed by atoms with Crippen molar-refractivity contribution in [3.63, 3.8) is 0 Å². The van der Waals surface area contributed by atoms with Gasteiger partial charge in [0.2, 0.25) is 0 Å². The summed E-state index contributed by atoms with van der Waals surface area (Å²) >= 11 is 4.21. The van der Waals surface area contributed by atoms with Gasteiger partial charge in [0.25, 0.3) is 0 Å². The van der Waals surface area contributed by atoms with Crippen molar-refractivity contribution < 1.29 is 0 Å². The molecule has 3 heteroatoms. The van der Waals surface area contributed by atoms with Gasteiger partial charge in [-0.15, -0.1) is 0 Å². The smallest absolute Gasteiger partial charge is 0.107 e. The van der Waals surface area contributed by atoms with Gasteiger partial charge in [-0.3, -0.25) is 0 Å². The van der Waals surface area contributed by atoms with Crippen LogP contribution in [-0.4, -0.2) is 15.7 Å². The average Bonchev–Trinajstić information content (AvgIpc) is 2.71. The summed E-state index contributed by atoms with van der Waals surface area (Å²) in [7, 11) is 0. The first-order chi connectivity index (χ1) is 7.70. The fourth-order valence-electron chi connectivity index (χ4n) is 1.76. The molecule has 0 unspecified atom stereocenters. The molecule has 0 amide bonds. The molecule has 1 aromatic carbocycles. The molecule has 0 aliphatic rings. The van der Waals surface area contributed by atoms with Crippen molar-refractivity contribution in [3.8, 4) is 11.3 Å². The van der Waals surface area contributed by atoms with Crippen LogP contribution in [0.2, 0.25) is 0 Å². The maximum Gasteiger partial charge on any atom is 0.107 e. The van der Waals surface area contributed by atoms with Crippen LogP contribution in [0.4, 0.5) is 0 Å². The highest BCUT2D eigenvalue weighted by molar-refractivity contribution is 7.80. The van der Waals surface area contributed by atoms with E-state index in [1.807, 2.05) is 6.20 Å². The topological polar surface area (TPSA) is 28.7 Å². The Balaban J connectivity index is 2.38. The number of nitrogens with zero attached hydrogens (tertiary/aromatic N) is 1. The predicted octanol–water partition coefficient (Wildman–Crippen LogP) is 3.17. The highest BCUT2D eigenvalue weighted by Crippen LogP contribution is 2.22. The monoisotopic (exact) mass is 232 g/mol. The van der Waals surface area contributed by atoms with E-state index in [4.69, 9.17) is 0 Å². The normalized spacial score (nSPS) is 10.7. The fourth-order valence-corrected chi connectivity index (χ4v) is 1.97. The van der Waals surface area contributed by atoms with E-state index in [1.165, 1.54) is 16.7 Å². The first kappa shape index (κ1) is 11.3. The number of hydrogen-bond acceptors (Lipinski definition) is 2. The molecule has 0 aliphatic heterocycles. The van der Waals surface area contributed by atoms with Crippen molar-refractivity contribution >= 4 is 12.6 Å². The van der Waals surface area contributed by atoms with E-state index < -0.39 is 0 Å². The van der Waals surface area contributed by atoms with Crippen molar-refractivity contribution in [2.45, 2.75) is 20.3 Å². The van der Waals surface area contributed by atoms with Gasteiger partial charge >= 0.3 is 0 Å². The Morgan fingerprint density at radius 3 is 2.88 bits per heavy atom. The fraction of sp³-hybridized carbons (Fsp3) is 0.308. The summed E-state index contributed by atoms with van der Waals surface area (Å²) in [4.78, 5) is 7.69. The molecule has 0 spiro atoms. The van der Waals surface area contributed by atoms with Gasteiger partial charge in [-0.1, -0.05) is 17.7 Å². The average molecular weight is 232 g/mol. The summed E-state index contributed by atoms with van der Waals surface area (Å²) in [6.07, 6.45) is 2.79. The van der Waals surface area contributed by atoms with E-state index in [9.17, 15) is 0 Å². The van der Waals surface area contributed by atoms with Crippen LogP contribution < -0.4 is 0 Å². The van der Waals surface area contributed by atoms with E-state index in [2.05, 4.69) is 54.6 Å². The largest absolute Gasteiger partial charge is 0.342 e. The van der Waals surface area contributed by atoms with E-state index in [-0.39, 0.29) is 0 Å². The Morgan fingerprint density at radius 2 is 2.12 bits per heavy atom. The number of H-pyrrole nitrogens is 1. The summed E-state index contributed by atoms with van der Waals surface area (Å²) in [5.41, 5.74) is 4.87. The molecule has 2 nitrogen and oxygen atoms in total. The molecule has 1 heterocycles. The Hall–Kier alpha value is -1.22. The molecular formula is C13H16N2S. The Kier molecular flexibility index (Phi) is 3.34. The highest BCUT2D eigenvalue weighted by atomic mass is 32.1. The van der Waals surface area contributed by atoms with Gasteiger partial charge in [-0.25, -0.2) is 4.98 Å². The minimum absolute atomic E-state index is 0.819. The van der Waals surface area contributed by atoms with Crippen LogP contribution in [0.3, 0.4) is 0 Å². The third-order valence-corrected chi connectivity index (χ3v) is 2.88. The number of aromatic amines is 1. The summed E-state index contributed by atoms with van der Waals surface area (Å²) in [5.74, 6) is 1.82. The molecule has 1 N–H and O–H groups in total. The molecule has 2 rings (SSSR count). The minimum Gasteiger partial charge on any atom is -0.342 e. The molecule has 0 atom stereocenters. The Morgan fingerprint density at radius 1 is 1.31 bits per heavy atom. The molecule has 16 heavy (non-hydrogen) atoms. The molecule has 1 aromatic heterocycles. The maximum absolute atomic E-state index is 4.35. The van der Waals surface area contributed by atoms with Gasteiger partial charge < -0.3 is 4.98 Å². The van der Waals surface area contributed by atoms with Crippen molar-refractivity contribution in [3.05, 3.63) is 41.3 Å². The van der Waals surface area contributed by atoms with Crippen molar-refractivity contribution in [1.29, 1.82) is 0 Å². The molecule has 0 bridgehead atoms. The maximum atomic E-state index is 4.35. The second-order valence-electron chi connectivity index (χ2n) is 4.04. The molecule has 0 aliphatic carbocycles. The molecule has 84 valence electrons. The van der Waals surface area contributed by atoms with E-state index in [1.54, 1.807) is 0 Å². The Labute approximate surface area is 102 Å². The lowest BCUT2D eigenvalue weighted by atomic mass is 10.0. The highest BCUT2D eigenvalue weighted by Gasteiger charge is 2.05. The SMILES string of the molecule is Cc1ccc(C)c(-c2cnc(CCS)[nH]2)c1. The first-order valence-corrected chi connectivity index (χ1v) is 6.06. The van der Waals surface area contributed by atoms with E-state index in [0.29, 0.717) is 0 Å². The lowest BCUT2D eigenvalue weighted by Gasteiger charge is -2.04. The summed E-state index contributed by atoms with van der Waals surface area (Å²) < 4.78 is 0. The predicted molar refractivity (Wildman–Crippen MR) is 71.1 cm³/mol. The van der Waals surface area contributed by atoms with Crippen molar-refractivity contribution in [2.75, 3.05) is 5.75 Å². The number of rotatable bonds is 3. The number of nitrogens with one attached hydrogen (secondary N) is 1. The number of imidazole rings is 1. The number of aryl methyl sites for hydroxylation is 3. The molecule has 0 saturated carbocycles. The number of hydrogen-bond donors (Lipinski definition) is 2. The minimum atomic E-state index is 0.819. The zero-order valence-corrected chi connectivity index (χ0v) is 10.5. The van der Waals surface area contributed by atoms with Gasteiger partial charge in [-0.2, -0.15) is 12.6 Å².